The molecule has 1 N–H and O–H groups in total. The topological polar surface area (TPSA) is 41.6 Å². The summed E-state index contributed by atoms with van der Waals surface area (Å²) >= 11 is 0. The maximum absolute atomic E-state index is 12.4. The van der Waals surface area contributed by atoms with Gasteiger partial charge in [-0.1, -0.05) is 6.92 Å². The second-order valence-electron chi connectivity index (χ2n) is 7.09. The van der Waals surface area contributed by atoms with Gasteiger partial charge in [-0.25, -0.2) is 0 Å². The molecule has 0 aromatic carbocycles. The van der Waals surface area contributed by atoms with Crippen LogP contribution in [0.1, 0.15) is 65.7 Å². The van der Waals surface area contributed by atoms with E-state index in [1.807, 2.05) is 0 Å². The predicted octanol–water partition coefficient (Wildman–Crippen LogP) is 2.71. The summed E-state index contributed by atoms with van der Waals surface area (Å²) in [6.07, 6.45) is 7.98. The third-order valence-electron chi connectivity index (χ3n) is 4.83. The maximum atomic E-state index is 12.4. The molecule has 4 heteroatoms. The summed E-state index contributed by atoms with van der Waals surface area (Å²) in [5.41, 5.74) is -0.479. The van der Waals surface area contributed by atoms with Gasteiger partial charge in [0.05, 0.1) is 7.11 Å². The number of rotatable bonds is 7. The fraction of sp³-hybridized carbons (Fsp3) is 0.941. The number of nitrogens with one attached hydrogen (secondary N) is 1. The molecular weight excluding hydrogens is 264 g/mol. The highest BCUT2D eigenvalue weighted by atomic mass is 16.5. The average molecular weight is 296 g/mol. The van der Waals surface area contributed by atoms with E-state index in [1.54, 1.807) is 0 Å². The molecule has 21 heavy (non-hydrogen) atoms. The Balaban J connectivity index is 2.12. The molecule has 122 valence electrons. The van der Waals surface area contributed by atoms with Crippen molar-refractivity contribution < 1.29 is 9.53 Å². The van der Waals surface area contributed by atoms with Crippen LogP contribution in [0.5, 0.6) is 0 Å². The Morgan fingerprint density at radius 2 is 2.05 bits per heavy atom. The van der Waals surface area contributed by atoms with Crippen LogP contribution in [0, 0.1) is 0 Å². The molecule has 2 rings (SSSR count). The number of esters is 1. The summed E-state index contributed by atoms with van der Waals surface area (Å²) in [5.74, 6) is -0.0758. The van der Waals surface area contributed by atoms with Crippen LogP contribution in [-0.4, -0.2) is 48.2 Å². The van der Waals surface area contributed by atoms with E-state index >= 15 is 0 Å². The number of carbonyl (C=O) groups is 1. The summed E-state index contributed by atoms with van der Waals surface area (Å²) in [4.78, 5) is 15.1. The van der Waals surface area contributed by atoms with E-state index < -0.39 is 5.54 Å². The van der Waals surface area contributed by atoms with E-state index in [2.05, 4.69) is 31.0 Å². The molecule has 0 heterocycles. The van der Waals surface area contributed by atoms with Crippen molar-refractivity contribution in [1.82, 2.24) is 10.2 Å². The lowest BCUT2D eigenvalue weighted by atomic mass is 9.77. The van der Waals surface area contributed by atoms with E-state index in [0.717, 1.165) is 31.8 Å². The number of hydrogen-bond donors (Lipinski definition) is 1. The van der Waals surface area contributed by atoms with Crippen molar-refractivity contribution >= 4 is 5.97 Å². The molecule has 2 aliphatic carbocycles. The Morgan fingerprint density at radius 3 is 2.57 bits per heavy atom. The van der Waals surface area contributed by atoms with Crippen LogP contribution in [0.15, 0.2) is 0 Å². The summed E-state index contributed by atoms with van der Waals surface area (Å²) in [6.45, 7) is 7.63. The SMILES string of the molecule is CCCN(C1CC1)C1CCCC(NC(C)C)(C(=O)OC)C1. The number of nitrogens with zero attached hydrogens (tertiary/aromatic N) is 1. The third-order valence-corrected chi connectivity index (χ3v) is 4.83. The van der Waals surface area contributed by atoms with Crippen LogP contribution in [0.3, 0.4) is 0 Å². The predicted molar refractivity (Wildman–Crippen MR) is 85.3 cm³/mol. The largest absolute Gasteiger partial charge is 0.468 e. The van der Waals surface area contributed by atoms with Gasteiger partial charge in [-0.3, -0.25) is 15.0 Å². The van der Waals surface area contributed by atoms with E-state index in [1.165, 1.54) is 32.8 Å². The Bertz CT molecular complexity index is 355. The van der Waals surface area contributed by atoms with Gasteiger partial charge in [0.25, 0.3) is 0 Å². The second-order valence-corrected chi connectivity index (χ2v) is 7.09. The smallest absolute Gasteiger partial charge is 0.326 e. The zero-order valence-electron chi connectivity index (χ0n) is 14.2. The first-order valence-corrected chi connectivity index (χ1v) is 8.64. The minimum absolute atomic E-state index is 0.0758. The fourth-order valence-electron chi connectivity index (χ4n) is 3.98. The lowest BCUT2D eigenvalue weighted by molar-refractivity contribution is -0.151. The van der Waals surface area contributed by atoms with Crippen molar-refractivity contribution in [1.29, 1.82) is 0 Å². The van der Waals surface area contributed by atoms with Crippen LogP contribution in [-0.2, 0) is 9.53 Å². The molecule has 0 saturated heterocycles. The Kier molecular flexibility index (Phi) is 5.67. The van der Waals surface area contributed by atoms with Crippen LogP contribution >= 0.6 is 0 Å². The van der Waals surface area contributed by atoms with E-state index in [4.69, 9.17) is 4.74 Å². The van der Waals surface area contributed by atoms with Gasteiger partial charge in [0, 0.05) is 18.1 Å². The molecule has 0 aromatic heterocycles. The van der Waals surface area contributed by atoms with Gasteiger partial charge >= 0.3 is 5.97 Å². The number of ether oxygens (including phenoxy) is 1. The summed E-state index contributed by atoms with van der Waals surface area (Å²) in [6, 6.07) is 1.59. The molecule has 2 atom stereocenters. The molecule has 0 bridgehead atoms. The summed E-state index contributed by atoms with van der Waals surface area (Å²) in [5, 5.41) is 3.53. The van der Waals surface area contributed by atoms with Gasteiger partial charge in [0.1, 0.15) is 5.54 Å². The zero-order valence-corrected chi connectivity index (χ0v) is 14.2. The van der Waals surface area contributed by atoms with Crippen molar-refractivity contribution in [2.45, 2.75) is 89.4 Å². The minimum Gasteiger partial charge on any atom is -0.468 e. The van der Waals surface area contributed by atoms with Gasteiger partial charge < -0.3 is 4.74 Å². The van der Waals surface area contributed by atoms with Crippen molar-refractivity contribution in [3.63, 3.8) is 0 Å². The van der Waals surface area contributed by atoms with Crippen LogP contribution in [0.25, 0.3) is 0 Å². The third kappa shape index (κ3) is 3.98. The van der Waals surface area contributed by atoms with Gasteiger partial charge in [0.15, 0.2) is 0 Å². The molecule has 2 saturated carbocycles. The standard InChI is InChI=1S/C17H32N2O2/c1-5-11-19(14-8-9-14)15-7-6-10-17(12-15,16(20)21-4)18-13(2)3/h13-15,18H,5-12H2,1-4H3. The normalized spacial score (nSPS) is 29.9. The highest BCUT2D eigenvalue weighted by Gasteiger charge is 2.47. The molecule has 0 aliphatic heterocycles. The van der Waals surface area contributed by atoms with Crippen molar-refractivity contribution in [2.75, 3.05) is 13.7 Å². The van der Waals surface area contributed by atoms with E-state index in [9.17, 15) is 4.79 Å². The van der Waals surface area contributed by atoms with E-state index in [0.29, 0.717) is 12.1 Å². The Morgan fingerprint density at radius 1 is 1.33 bits per heavy atom. The molecule has 2 unspecified atom stereocenters. The van der Waals surface area contributed by atoms with Crippen LogP contribution < -0.4 is 5.32 Å². The summed E-state index contributed by atoms with van der Waals surface area (Å²) in [7, 11) is 1.51. The number of hydrogen-bond acceptors (Lipinski definition) is 4. The maximum Gasteiger partial charge on any atom is 0.326 e. The molecule has 2 fully saturated rings. The highest BCUT2D eigenvalue weighted by molar-refractivity contribution is 5.81. The fourth-order valence-corrected chi connectivity index (χ4v) is 3.98. The molecule has 2 aliphatic rings. The first-order chi connectivity index (χ1) is 10.0. The van der Waals surface area contributed by atoms with Crippen LogP contribution in [0.2, 0.25) is 0 Å². The molecule has 0 radical (unpaired) electrons. The quantitative estimate of drug-likeness (QED) is 0.734. The molecule has 0 amide bonds. The Hall–Kier alpha value is -0.610. The lowest BCUT2D eigenvalue weighted by Crippen LogP contribution is -2.60. The van der Waals surface area contributed by atoms with Crippen molar-refractivity contribution in [2.24, 2.45) is 0 Å². The van der Waals surface area contributed by atoms with Gasteiger partial charge in [-0.2, -0.15) is 0 Å². The van der Waals surface area contributed by atoms with Crippen molar-refractivity contribution in [3.05, 3.63) is 0 Å². The van der Waals surface area contributed by atoms with Gasteiger partial charge in [0.2, 0.25) is 0 Å². The Labute approximate surface area is 129 Å². The van der Waals surface area contributed by atoms with Gasteiger partial charge in [-0.15, -0.1) is 0 Å². The highest BCUT2D eigenvalue weighted by Crippen LogP contribution is 2.38. The molecular formula is C17H32N2O2. The molecule has 0 aromatic rings. The monoisotopic (exact) mass is 296 g/mol. The second kappa shape index (κ2) is 7.10. The number of carbonyl (C=O) groups excluding carboxylic acids is 1. The van der Waals surface area contributed by atoms with E-state index in [-0.39, 0.29) is 5.97 Å². The molecule has 4 nitrogen and oxygen atoms in total. The summed E-state index contributed by atoms with van der Waals surface area (Å²) < 4.78 is 5.14. The first-order valence-electron chi connectivity index (χ1n) is 8.64. The van der Waals surface area contributed by atoms with Gasteiger partial charge in [-0.05, 0) is 65.3 Å². The lowest BCUT2D eigenvalue weighted by Gasteiger charge is -2.44. The molecule has 0 spiro atoms. The number of methoxy groups -OCH3 is 1. The average Bonchev–Trinajstić information content (AvgIpc) is 3.27. The van der Waals surface area contributed by atoms with Crippen molar-refractivity contribution in [3.8, 4) is 0 Å². The minimum atomic E-state index is -0.479. The van der Waals surface area contributed by atoms with Crippen LogP contribution in [0.4, 0.5) is 0 Å². The first kappa shape index (κ1) is 16.8. The zero-order chi connectivity index (χ0) is 15.5.